The van der Waals surface area contributed by atoms with Gasteiger partial charge in [-0.15, -0.1) is 0 Å². The molecule has 0 aromatic heterocycles. The maximum atomic E-state index is 13.3. The lowest BCUT2D eigenvalue weighted by Crippen LogP contribution is -2.30. The molecule has 0 aliphatic carbocycles. The number of anilines is 1. The highest BCUT2D eigenvalue weighted by atomic mass is 19.1. The van der Waals surface area contributed by atoms with Gasteiger partial charge in [-0.2, -0.15) is 5.26 Å². The zero-order valence-electron chi connectivity index (χ0n) is 9.40. The fourth-order valence-corrected chi connectivity index (χ4v) is 1.85. The number of hydrogen-bond acceptors (Lipinski definition) is 3. The molecule has 1 atom stereocenters. The van der Waals surface area contributed by atoms with Crippen LogP contribution >= 0.6 is 0 Å². The van der Waals surface area contributed by atoms with Crippen molar-refractivity contribution in [1.82, 2.24) is 4.90 Å². The molecule has 0 spiro atoms. The summed E-state index contributed by atoms with van der Waals surface area (Å²) in [6.45, 7) is 0.704. The van der Waals surface area contributed by atoms with E-state index in [0.717, 1.165) is 0 Å². The minimum atomic E-state index is -0.573. The van der Waals surface area contributed by atoms with Gasteiger partial charge in [-0.3, -0.25) is 4.79 Å². The smallest absolute Gasteiger partial charge is 0.244 e. The van der Waals surface area contributed by atoms with Crippen LogP contribution in [0.1, 0.15) is 12.0 Å². The molecule has 1 aromatic carbocycles. The van der Waals surface area contributed by atoms with E-state index in [1.807, 2.05) is 0 Å². The quantitative estimate of drug-likeness (QED) is 0.838. The van der Waals surface area contributed by atoms with E-state index in [0.29, 0.717) is 18.7 Å². The molecule has 88 valence electrons. The van der Waals surface area contributed by atoms with Crippen LogP contribution in [-0.2, 0) is 4.79 Å². The Morgan fingerprint density at radius 1 is 1.59 bits per heavy atom. The van der Waals surface area contributed by atoms with Crippen molar-refractivity contribution in [2.75, 3.05) is 18.9 Å². The fraction of sp³-hybridized carbons (Fsp3) is 0.333. The second-order valence-electron chi connectivity index (χ2n) is 4.05. The number of nitriles is 1. The number of nitrogens with one attached hydrogen (secondary N) is 1. The molecule has 17 heavy (non-hydrogen) atoms. The number of amides is 1. The molecule has 1 aromatic rings. The first-order valence-corrected chi connectivity index (χ1v) is 5.33. The molecular formula is C12H12FN3O. The summed E-state index contributed by atoms with van der Waals surface area (Å²) in [6.07, 6.45) is 0.705. The largest absolute Gasteiger partial charge is 0.374 e. The highest BCUT2D eigenvalue weighted by Crippen LogP contribution is 2.18. The van der Waals surface area contributed by atoms with Crippen LogP contribution < -0.4 is 5.32 Å². The molecule has 1 saturated heterocycles. The minimum Gasteiger partial charge on any atom is -0.374 e. The second-order valence-corrected chi connectivity index (χ2v) is 4.05. The first-order valence-electron chi connectivity index (χ1n) is 5.33. The van der Waals surface area contributed by atoms with Gasteiger partial charge in [0.25, 0.3) is 0 Å². The molecule has 1 heterocycles. The summed E-state index contributed by atoms with van der Waals surface area (Å²) in [4.78, 5) is 13.3. The van der Waals surface area contributed by atoms with E-state index < -0.39 is 5.82 Å². The number of carbonyl (C=O) groups excluding carboxylic acids is 1. The van der Waals surface area contributed by atoms with Crippen LogP contribution in [0.2, 0.25) is 0 Å². The zero-order valence-corrected chi connectivity index (χ0v) is 9.40. The van der Waals surface area contributed by atoms with Crippen LogP contribution in [0.5, 0.6) is 0 Å². The second kappa shape index (κ2) is 4.42. The molecule has 1 unspecified atom stereocenters. The number of carbonyl (C=O) groups is 1. The van der Waals surface area contributed by atoms with E-state index in [1.165, 1.54) is 12.1 Å². The van der Waals surface area contributed by atoms with Crippen molar-refractivity contribution in [3.05, 3.63) is 29.6 Å². The molecule has 1 N–H and O–H groups in total. The van der Waals surface area contributed by atoms with Crippen LogP contribution in [0, 0.1) is 17.1 Å². The van der Waals surface area contributed by atoms with Crippen LogP contribution in [0.4, 0.5) is 10.1 Å². The lowest BCUT2D eigenvalue weighted by molar-refractivity contribution is -0.127. The topological polar surface area (TPSA) is 56.1 Å². The van der Waals surface area contributed by atoms with Crippen LogP contribution in [-0.4, -0.2) is 30.4 Å². The maximum absolute atomic E-state index is 13.3. The third kappa shape index (κ3) is 2.21. The molecule has 0 saturated carbocycles. The summed E-state index contributed by atoms with van der Waals surface area (Å²) in [6, 6.07) is 5.70. The van der Waals surface area contributed by atoms with Crippen LogP contribution in [0.3, 0.4) is 0 Å². The van der Waals surface area contributed by atoms with Gasteiger partial charge in [-0.25, -0.2) is 4.39 Å². The average Bonchev–Trinajstić information content (AvgIpc) is 2.61. The van der Waals surface area contributed by atoms with Crippen molar-refractivity contribution in [3.63, 3.8) is 0 Å². The Labute approximate surface area is 98.6 Å². The summed E-state index contributed by atoms with van der Waals surface area (Å²) in [5, 5.41) is 11.6. The highest BCUT2D eigenvalue weighted by molar-refractivity contribution is 5.86. The zero-order chi connectivity index (χ0) is 12.4. The van der Waals surface area contributed by atoms with Crippen LogP contribution in [0.15, 0.2) is 18.2 Å². The van der Waals surface area contributed by atoms with Crippen molar-refractivity contribution < 1.29 is 9.18 Å². The van der Waals surface area contributed by atoms with Gasteiger partial charge in [0.15, 0.2) is 0 Å². The van der Waals surface area contributed by atoms with Gasteiger partial charge in [0.1, 0.15) is 17.9 Å². The fourth-order valence-electron chi connectivity index (χ4n) is 1.85. The summed E-state index contributed by atoms with van der Waals surface area (Å²) >= 11 is 0. The van der Waals surface area contributed by atoms with Gasteiger partial charge in [0, 0.05) is 19.3 Å². The Hall–Kier alpha value is -2.09. The van der Waals surface area contributed by atoms with Crippen LogP contribution in [0.25, 0.3) is 0 Å². The van der Waals surface area contributed by atoms with E-state index in [2.05, 4.69) is 5.32 Å². The van der Waals surface area contributed by atoms with Gasteiger partial charge in [-0.1, -0.05) is 0 Å². The number of nitrogens with zero attached hydrogens (tertiary/aromatic N) is 2. The lowest BCUT2D eigenvalue weighted by atomic mass is 10.2. The van der Waals surface area contributed by atoms with Crippen molar-refractivity contribution >= 4 is 11.6 Å². The molecule has 2 rings (SSSR count). The Kier molecular flexibility index (Phi) is 2.96. The Balaban J connectivity index is 2.13. The predicted octanol–water partition coefficient (Wildman–Crippen LogP) is 1.34. The van der Waals surface area contributed by atoms with E-state index in [9.17, 15) is 9.18 Å². The highest BCUT2D eigenvalue weighted by Gasteiger charge is 2.28. The molecule has 5 heteroatoms. The maximum Gasteiger partial charge on any atom is 0.244 e. The van der Waals surface area contributed by atoms with Gasteiger partial charge in [-0.05, 0) is 24.6 Å². The molecule has 1 fully saturated rings. The normalized spacial score (nSPS) is 19.2. The third-order valence-corrected chi connectivity index (χ3v) is 2.86. The first-order chi connectivity index (χ1) is 8.11. The third-order valence-electron chi connectivity index (χ3n) is 2.86. The molecule has 1 aliphatic heterocycles. The molecule has 1 amide bonds. The Morgan fingerprint density at radius 2 is 2.35 bits per heavy atom. The van der Waals surface area contributed by atoms with E-state index in [1.54, 1.807) is 24.1 Å². The molecule has 4 nitrogen and oxygen atoms in total. The summed E-state index contributed by atoms with van der Waals surface area (Å²) in [7, 11) is 1.74. The number of likely N-dealkylation sites (N-methyl/N-ethyl adjacent to an activating group) is 1. The number of hydrogen-bond donors (Lipinski definition) is 1. The molecule has 1 aliphatic rings. The van der Waals surface area contributed by atoms with Crippen molar-refractivity contribution in [2.24, 2.45) is 0 Å². The lowest BCUT2D eigenvalue weighted by Gasteiger charge is -2.13. The van der Waals surface area contributed by atoms with E-state index in [-0.39, 0.29) is 17.5 Å². The first kappa shape index (κ1) is 11.4. The molecule has 0 radical (unpaired) electrons. The number of benzene rings is 1. The number of rotatable bonds is 2. The minimum absolute atomic E-state index is 0.00502. The van der Waals surface area contributed by atoms with Gasteiger partial charge < -0.3 is 10.2 Å². The predicted molar refractivity (Wildman–Crippen MR) is 60.8 cm³/mol. The average molecular weight is 233 g/mol. The van der Waals surface area contributed by atoms with Crippen molar-refractivity contribution in [1.29, 1.82) is 5.26 Å². The Bertz CT molecular complexity index is 495. The van der Waals surface area contributed by atoms with E-state index in [4.69, 9.17) is 5.26 Å². The van der Waals surface area contributed by atoms with Crippen molar-refractivity contribution in [2.45, 2.75) is 12.5 Å². The van der Waals surface area contributed by atoms with Gasteiger partial charge in [0.05, 0.1) is 5.56 Å². The summed E-state index contributed by atoms with van der Waals surface area (Å²) < 4.78 is 13.3. The van der Waals surface area contributed by atoms with Crippen molar-refractivity contribution in [3.8, 4) is 6.07 Å². The summed E-state index contributed by atoms with van der Waals surface area (Å²) in [5.41, 5.74) is 0.528. The summed E-state index contributed by atoms with van der Waals surface area (Å²) in [5.74, 6) is -0.564. The molecule has 0 bridgehead atoms. The van der Waals surface area contributed by atoms with Gasteiger partial charge >= 0.3 is 0 Å². The monoisotopic (exact) mass is 233 g/mol. The standard InChI is InChI=1S/C12H12FN3O/c1-16-5-4-11(12(16)17)15-9-3-2-8(7-14)10(13)6-9/h2-3,6,11,15H,4-5H2,1H3. The SMILES string of the molecule is CN1CCC(Nc2ccc(C#N)c(F)c2)C1=O. The van der Waals surface area contributed by atoms with Gasteiger partial charge in [0.2, 0.25) is 5.91 Å². The Morgan fingerprint density at radius 3 is 2.88 bits per heavy atom. The number of halogens is 1. The molecular weight excluding hydrogens is 221 g/mol. The number of likely N-dealkylation sites (tertiary alicyclic amines) is 1. The van der Waals surface area contributed by atoms with E-state index >= 15 is 0 Å².